The molecular weight excluding hydrogens is 522 g/mol. The first-order valence-electron chi connectivity index (χ1n) is 13.7. The fraction of sp³-hybridized carbons (Fsp3) is 0.714. The number of rotatable bonds is 22. The molecule has 10 nitrogen and oxygen atoms in total. The Bertz CT molecular complexity index is 825. The maximum absolute atomic E-state index is 12.3. The zero-order valence-corrected chi connectivity index (χ0v) is 25.3. The van der Waals surface area contributed by atoms with Crippen molar-refractivity contribution in [3.05, 3.63) is 35.4 Å². The Kier molecular flexibility index (Phi) is 15.4. The Morgan fingerprint density at radius 2 is 0.923 bits per heavy atom. The number of nitrogens with zero attached hydrogens (tertiary/aromatic N) is 1. The lowest BCUT2D eigenvalue weighted by molar-refractivity contribution is -0.0183. The smallest absolute Gasteiger partial charge is 0.261 e. The maximum Gasteiger partial charge on any atom is 0.261 e. The molecule has 0 spiro atoms. The van der Waals surface area contributed by atoms with Gasteiger partial charge in [0.15, 0.2) is 8.32 Å². The average Bonchev–Trinajstić information content (AvgIpc) is 3.13. The molecule has 2 amide bonds. The Morgan fingerprint density at radius 1 is 0.590 bits per heavy atom. The van der Waals surface area contributed by atoms with E-state index in [1.54, 1.807) is 24.3 Å². The van der Waals surface area contributed by atoms with Crippen LogP contribution in [-0.4, -0.2) is 117 Å². The van der Waals surface area contributed by atoms with E-state index in [-0.39, 0.29) is 30.0 Å². The van der Waals surface area contributed by atoms with E-state index in [2.05, 4.69) is 33.9 Å². The zero-order valence-electron chi connectivity index (χ0n) is 24.3. The van der Waals surface area contributed by atoms with Crippen molar-refractivity contribution in [2.24, 2.45) is 0 Å². The molecule has 11 heteroatoms. The summed E-state index contributed by atoms with van der Waals surface area (Å²) >= 11 is 0. The van der Waals surface area contributed by atoms with Gasteiger partial charge in [-0.3, -0.25) is 14.5 Å². The SMILES string of the molecule is CC(C)(C)[Si](C)(C)OCCOCCOCCOCCOCCOCCOCCN1C(=O)c2ccccc2C1=O. The van der Waals surface area contributed by atoms with Crippen molar-refractivity contribution in [1.82, 2.24) is 4.90 Å². The molecular formula is C28H47NO9Si. The number of hydrogen-bond acceptors (Lipinski definition) is 9. The summed E-state index contributed by atoms with van der Waals surface area (Å²) in [5, 5.41) is 0.211. The summed E-state index contributed by atoms with van der Waals surface area (Å²) in [6.45, 7) is 17.6. The summed E-state index contributed by atoms with van der Waals surface area (Å²) in [6.07, 6.45) is 0. The number of hydrogen-bond donors (Lipinski definition) is 0. The highest BCUT2D eigenvalue weighted by atomic mass is 28.4. The molecule has 1 aliphatic heterocycles. The van der Waals surface area contributed by atoms with Crippen LogP contribution >= 0.6 is 0 Å². The van der Waals surface area contributed by atoms with Gasteiger partial charge in [0, 0.05) is 0 Å². The van der Waals surface area contributed by atoms with Crippen molar-refractivity contribution in [2.45, 2.75) is 38.9 Å². The Hall–Kier alpha value is -1.70. The van der Waals surface area contributed by atoms with E-state index in [1.165, 1.54) is 4.90 Å². The number of carbonyl (C=O) groups excluding carboxylic acids is 2. The van der Waals surface area contributed by atoms with Crippen molar-refractivity contribution >= 4 is 20.1 Å². The van der Waals surface area contributed by atoms with E-state index in [9.17, 15) is 9.59 Å². The summed E-state index contributed by atoms with van der Waals surface area (Å²) in [4.78, 5) is 25.8. The molecule has 39 heavy (non-hydrogen) atoms. The van der Waals surface area contributed by atoms with Gasteiger partial charge in [0.1, 0.15) is 0 Å². The minimum atomic E-state index is -1.70. The predicted octanol–water partition coefficient (Wildman–Crippen LogP) is 3.40. The minimum absolute atomic E-state index is 0.211. The van der Waals surface area contributed by atoms with E-state index in [1.807, 2.05) is 0 Å². The average molecular weight is 570 g/mol. The lowest BCUT2D eigenvalue weighted by Gasteiger charge is -2.36. The van der Waals surface area contributed by atoms with Crippen molar-refractivity contribution in [2.75, 3.05) is 92.4 Å². The quantitative estimate of drug-likeness (QED) is 0.118. The van der Waals surface area contributed by atoms with Crippen LogP contribution in [0.2, 0.25) is 18.1 Å². The van der Waals surface area contributed by atoms with Gasteiger partial charge < -0.3 is 32.8 Å². The molecule has 222 valence electrons. The number of amides is 2. The third-order valence-corrected chi connectivity index (χ3v) is 11.2. The van der Waals surface area contributed by atoms with Crippen molar-refractivity contribution in [3.8, 4) is 0 Å². The molecule has 1 aliphatic rings. The zero-order chi connectivity index (χ0) is 28.6. The second-order valence-electron chi connectivity index (χ2n) is 10.6. The van der Waals surface area contributed by atoms with Crippen LogP contribution in [0.1, 0.15) is 41.5 Å². The molecule has 0 radical (unpaired) electrons. The largest absolute Gasteiger partial charge is 0.414 e. The standard InChI is InChI=1S/C28H47NO9Si/c1-28(2,3)39(4,5)38-23-22-37-21-20-36-19-18-35-17-16-34-15-14-33-13-12-32-11-10-29-26(30)24-8-6-7-9-25(24)27(29)31/h6-9H,10-23H2,1-5H3. The number of imide groups is 1. The molecule has 0 atom stereocenters. The Labute approximate surface area is 234 Å². The van der Waals surface area contributed by atoms with Gasteiger partial charge in [0.05, 0.1) is 104 Å². The molecule has 0 saturated heterocycles. The third-order valence-electron chi connectivity index (χ3n) is 6.69. The Morgan fingerprint density at radius 3 is 1.28 bits per heavy atom. The van der Waals surface area contributed by atoms with E-state index in [0.717, 1.165) is 0 Å². The van der Waals surface area contributed by atoms with Crippen LogP contribution in [-0.2, 0) is 32.8 Å². The molecule has 0 aromatic heterocycles. The number of fused-ring (bicyclic) bond motifs is 1. The first kappa shape index (κ1) is 33.5. The van der Waals surface area contributed by atoms with E-state index < -0.39 is 8.32 Å². The second kappa shape index (κ2) is 17.9. The number of ether oxygens (including phenoxy) is 6. The summed E-state index contributed by atoms with van der Waals surface area (Å²) in [5.41, 5.74) is 0.897. The minimum Gasteiger partial charge on any atom is -0.414 e. The van der Waals surface area contributed by atoms with Gasteiger partial charge in [0.2, 0.25) is 0 Å². The van der Waals surface area contributed by atoms with Gasteiger partial charge in [-0.1, -0.05) is 32.9 Å². The summed E-state index contributed by atoms with van der Waals surface area (Å²) in [7, 11) is -1.70. The monoisotopic (exact) mass is 569 g/mol. The van der Waals surface area contributed by atoms with Gasteiger partial charge in [-0.15, -0.1) is 0 Å². The van der Waals surface area contributed by atoms with E-state index in [0.29, 0.717) is 90.4 Å². The number of benzene rings is 1. The first-order valence-corrected chi connectivity index (χ1v) is 16.6. The number of carbonyl (C=O) groups is 2. The van der Waals surface area contributed by atoms with Gasteiger partial charge >= 0.3 is 0 Å². The predicted molar refractivity (Wildman–Crippen MR) is 150 cm³/mol. The molecule has 0 unspecified atom stereocenters. The van der Waals surface area contributed by atoms with Gasteiger partial charge in [0.25, 0.3) is 11.8 Å². The van der Waals surface area contributed by atoms with Crippen molar-refractivity contribution in [3.63, 3.8) is 0 Å². The Balaban J connectivity index is 1.28. The molecule has 0 bridgehead atoms. The van der Waals surface area contributed by atoms with Crippen LogP contribution in [0.4, 0.5) is 0 Å². The fourth-order valence-corrected chi connectivity index (χ4v) is 4.40. The molecule has 0 N–H and O–H groups in total. The van der Waals surface area contributed by atoms with Gasteiger partial charge in [-0.2, -0.15) is 0 Å². The summed E-state index contributed by atoms with van der Waals surface area (Å²) in [5.74, 6) is -0.541. The van der Waals surface area contributed by atoms with Crippen molar-refractivity contribution in [1.29, 1.82) is 0 Å². The highest BCUT2D eigenvalue weighted by Gasteiger charge is 2.37. The normalized spacial score (nSPS) is 13.9. The molecule has 1 heterocycles. The van der Waals surface area contributed by atoms with Crippen molar-refractivity contribution < 1.29 is 42.4 Å². The van der Waals surface area contributed by atoms with Gasteiger partial charge in [-0.05, 0) is 30.3 Å². The molecule has 1 aromatic rings. The van der Waals surface area contributed by atoms with Crippen LogP contribution in [0.15, 0.2) is 24.3 Å². The van der Waals surface area contributed by atoms with Crippen LogP contribution < -0.4 is 0 Å². The van der Waals surface area contributed by atoms with E-state index >= 15 is 0 Å². The second-order valence-corrected chi connectivity index (χ2v) is 15.4. The van der Waals surface area contributed by atoms with E-state index in [4.69, 9.17) is 32.8 Å². The summed E-state index contributed by atoms with van der Waals surface area (Å²) < 4.78 is 39.0. The highest BCUT2D eigenvalue weighted by molar-refractivity contribution is 6.74. The maximum atomic E-state index is 12.3. The van der Waals surface area contributed by atoms with Crippen LogP contribution in [0.25, 0.3) is 0 Å². The molecule has 0 aliphatic carbocycles. The first-order chi connectivity index (χ1) is 18.6. The topological polar surface area (TPSA) is 102 Å². The highest BCUT2D eigenvalue weighted by Crippen LogP contribution is 2.36. The molecule has 2 rings (SSSR count). The van der Waals surface area contributed by atoms with Crippen LogP contribution in [0, 0.1) is 0 Å². The van der Waals surface area contributed by atoms with Crippen LogP contribution in [0.5, 0.6) is 0 Å². The molecule has 0 fully saturated rings. The summed E-state index contributed by atoms with van der Waals surface area (Å²) in [6, 6.07) is 6.83. The molecule has 1 aromatic carbocycles. The fourth-order valence-electron chi connectivity index (χ4n) is 3.37. The lowest BCUT2D eigenvalue weighted by Crippen LogP contribution is -2.41. The lowest BCUT2D eigenvalue weighted by atomic mass is 10.1. The van der Waals surface area contributed by atoms with Crippen LogP contribution in [0.3, 0.4) is 0 Å². The molecule has 0 saturated carbocycles. The van der Waals surface area contributed by atoms with Gasteiger partial charge in [-0.25, -0.2) is 0 Å². The third kappa shape index (κ3) is 12.1.